The van der Waals surface area contributed by atoms with E-state index in [0.717, 1.165) is 19.3 Å². The number of amides is 1. The van der Waals surface area contributed by atoms with Crippen LogP contribution in [-0.2, 0) is 16.0 Å². The van der Waals surface area contributed by atoms with Crippen molar-refractivity contribution in [2.24, 2.45) is 11.8 Å². The summed E-state index contributed by atoms with van der Waals surface area (Å²) in [5, 5.41) is 11.9. The average molecular weight is 259 g/mol. The molecule has 3 atom stereocenters. The molecule has 1 fully saturated rings. The Kier molecular flexibility index (Phi) is 3.01. The summed E-state index contributed by atoms with van der Waals surface area (Å²) in [6.45, 7) is 0. The number of aliphatic carboxylic acids is 1. The van der Waals surface area contributed by atoms with E-state index in [9.17, 15) is 9.59 Å². The predicted molar refractivity (Wildman–Crippen MR) is 69.5 cm³/mol. The van der Waals surface area contributed by atoms with Crippen LogP contribution in [0.3, 0.4) is 0 Å². The molecule has 2 aliphatic rings. The Balaban J connectivity index is 1.68. The number of hydrogen-bond donors (Lipinski definition) is 2. The summed E-state index contributed by atoms with van der Waals surface area (Å²) >= 11 is 0. The molecule has 4 heteroatoms. The summed E-state index contributed by atoms with van der Waals surface area (Å²) in [6.07, 6.45) is 3.54. The van der Waals surface area contributed by atoms with Crippen molar-refractivity contribution in [1.29, 1.82) is 0 Å². The molecule has 0 aliphatic heterocycles. The van der Waals surface area contributed by atoms with Gasteiger partial charge in [-0.2, -0.15) is 0 Å². The highest BCUT2D eigenvalue weighted by molar-refractivity contribution is 5.89. The topological polar surface area (TPSA) is 66.4 Å². The third-order valence-electron chi connectivity index (χ3n) is 4.13. The minimum absolute atomic E-state index is 0.0486. The van der Waals surface area contributed by atoms with E-state index >= 15 is 0 Å². The van der Waals surface area contributed by atoms with Crippen LogP contribution >= 0.6 is 0 Å². The van der Waals surface area contributed by atoms with Crippen molar-refractivity contribution in [3.05, 3.63) is 35.4 Å². The molecule has 1 aromatic rings. The van der Waals surface area contributed by atoms with Gasteiger partial charge in [0, 0.05) is 0 Å². The molecule has 3 rings (SSSR count). The van der Waals surface area contributed by atoms with E-state index in [1.54, 1.807) is 0 Å². The summed E-state index contributed by atoms with van der Waals surface area (Å²) in [7, 11) is 0. The number of carbonyl (C=O) groups is 2. The minimum atomic E-state index is -0.857. The predicted octanol–water partition coefficient (Wildman–Crippen LogP) is 1.90. The van der Waals surface area contributed by atoms with E-state index < -0.39 is 11.9 Å². The maximum absolute atomic E-state index is 12.0. The Labute approximate surface area is 111 Å². The quantitative estimate of drug-likeness (QED) is 0.871. The van der Waals surface area contributed by atoms with Gasteiger partial charge in [-0.05, 0) is 36.8 Å². The lowest BCUT2D eigenvalue weighted by Crippen LogP contribution is -2.32. The third kappa shape index (κ3) is 2.35. The normalized spacial score (nSPS) is 28.3. The van der Waals surface area contributed by atoms with Gasteiger partial charge in [0.15, 0.2) is 0 Å². The van der Waals surface area contributed by atoms with Gasteiger partial charge in [0.05, 0.1) is 17.9 Å². The number of benzene rings is 1. The number of carbonyl (C=O) groups excluding carboxylic acids is 1. The van der Waals surface area contributed by atoms with Crippen molar-refractivity contribution in [2.45, 2.75) is 31.7 Å². The lowest BCUT2D eigenvalue weighted by Gasteiger charge is -2.26. The standard InChI is InChI=1S/C15H17NO3/c17-14(11-8-12(11)15(18)19)16-13-7-3-5-9-4-1-2-6-10(9)13/h1-2,4,6,11-13H,3,5,7-8H2,(H,16,17)(H,18,19). The van der Waals surface area contributed by atoms with E-state index in [0.29, 0.717) is 6.42 Å². The molecule has 0 saturated heterocycles. The van der Waals surface area contributed by atoms with Gasteiger partial charge < -0.3 is 10.4 Å². The molecule has 100 valence electrons. The fourth-order valence-corrected chi connectivity index (χ4v) is 2.94. The number of hydrogen-bond acceptors (Lipinski definition) is 2. The number of nitrogens with one attached hydrogen (secondary N) is 1. The van der Waals surface area contributed by atoms with Crippen LogP contribution in [0.25, 0.3) is 0 Å². The molecule has 0 spiro atoms. The highest BCUT2D eigenvalue weighted by Gasteiger charge is 2.48. The van der Waals surface area contributed by atoms with Gasteiger partial charge in [-0.1, -0.05) is 24.3 Å². The molecular formula is C15H17NO3. The van der Waals surface area contributed by atoms with E-state index in [4.69, 9.17) is 5.11 Å². The van der Waals surface area contributed by atoms with Crippen LogP contribution in [-0.4, -0.2) is 17.0 Å². The van der Waals surface area contributed by atoms with Crippen molar-refractivity contribution >= 4 is 11.9 Å². The average Bonchev–Trinajstić information content (AvgIpc) is 3.19. The Morgan fingerprint density at radius 3 is 2.74 bits per heavy atom. The molecule has 0 radical (unpaired) electrons. The SMILES string of the molecule is O=C(O)C1CC1C(=O)NC1CCCc2ccccc21. The number of aryl methyl sites for hydroxylation is 1. The second-order valence-corrected chi connectivity index (χ2v) is 5.44. The van der Waals surface area contributed by atoms with Crippen LogP contribution in [0.2, 0.25) is 0 Å². The zero-order valence-electron chi connectivity index (χ0n) is 10.6. The Morgan fingerprint density at radius 2 is 2.00 bits per heavy atom. The molecule has 1 aromatic carbocycles. The first-order chi connectivity index (χ1) is 9.16. The molecular weight excluding hydrogens is 242 g/mol. The molecule has 0 bridgehead atoms. The lowest BCUT2D eigenvalue weighted by atomic mass is 9.87. The first-order valence-electron chi connectivity index (χ1n) is 6.78. The number of carboxylic acids is 1. The van der Waals surface area contributed by atoms with Gasteiger partial charge in [0.25, 0.3) is 0 Å². The van der Waals surface area contributed by atoms with Gasteiger partial charge in [-0.15, -0.1) is 0 Å². The largest absolute Gasteiger partial charge is 0.481 e. The third-order valence-corrected chi connectivity index (χ3v) is 4.13. The van der Waals surface area contributed by atoms with Crippen molar-refractivity contribution in [2.75, 3.05) is 0 Å². The van der Waals surface area contributed by atoms with Crippen molar-refractivity contribution < 1.29 is 14.7 Å². The maximum atomic E-state index is 12.0. The van der Waals surface area contributed by atoms with Gasteiger partial charge in [-0.3, -0.25) is 9.59 Å². The number of carboxylic acid groups (broad SMARTS) is 1. The van der Waals surface area contributed by atoms with Crippen LogP contribution in [0.1, 0.15) is 36.4 Å². The van der Waals surface area contributed by atoms with Crippen LogP contribution in [0, 0.1) is 11.8 Å². The molecule has 3 unspecified atom stereocenters. The summed E-state index contributed by atoms with van der Waals surface area (Å²) in [5.41, 5.74) is 2.49. The molecule has 0 heterocycles. The van der Waals surface area contributed by atoms with Crippen LogP contribution in [0.5, 0.6) is 0 Å². The molecule has 1 saturated carbocycles. The first-order valence-corrected chi connectivity index (χ1v) is 6.78. The van der Waals surface area contributed by atoms with E-state index in [-0.39, 0.29) is 17.9 Å². The van der Waals surface area contributed by atoms with Gasteiger partial charge in [-0.25, -0.2) is 0 Å². The smallest absolute Gasteiger partial charge is 0.307 e. The second-order valence-electron chi connectivity index (χ2n) is 5.44. The second kappa shape index (κ2) is 4.68. The van der Waals surface area contributed by atoms with Crippen molar-refractivity contribution in [3.8, 4) is 0 Å². The summed E-state index contributed by atoms with van der Waals surface area (Å²) in [6, 6.07) is 8.21. The van der Waals surface area contributed by atoms with Crippen LogP contribution in [0.15, 0.2) is 24.3 Å². The summed E-state index contributed by atoms with van der Waals surface area (Å²) in [5.74, 6) is -1.76. The Morgan fingerprint density at radius 1 is 1.21 bits per heavy atom. The maximum Gasteiger partial charge on any atom is 0.307 e. The van der Waals surface area contributed by atoms with Gasteiger partial charge in [0.2, 0.25) is 5.91 Å². The number of rotatable bonds is 3. The lowest BCUT2D eigenvalue weighted by molar-refractivity contribution is -0.140. The van der Waals surface area contributed by atoms with Crippen LogP contribution < -0.4 is 5.32 Å². The molecule has 19 heavy (non-hydrogen) atoms. The zero-order valence-corrected chi connectivity index (χ0v) is 10.6. The molecule has 0 aromatic heterocycles. The Bertz CT molecular complexity index is 526. The van der Waals surface area contributed by atoms with E-state index in [1.165, 1.54) is 11.1 Å². The molecule has 1 amide bonds. The number of fused-ring (bicyclic) bond motifs is 1. The molecule has 2 N–H and O–H groups in total. The van der Waals surface area contributed by atoms with Crippen molar-refractivity contribution in [3.63, 3.8) is 0 Å². The Hall–Kier alpha value is -1.84. The van der Waals surface area contributed by atoms with E-state index in [1.807, 2.05) is 12.1 Å². The first kappa shape index (κ1) is 12.2. The highest BCUT2D eigenvalue weighted by atomic mass is 16.4. The fourth-order valence-electron chi connectivity index (χ4n) is 2.94. The van der Waals surface area contributed by atoms with Gasteiger partial charge >= 0.3 is 5.97 Å². The fraction of sp³-hybridized carbons (Fsp3) is 0.467. The highest BCUT2D eigenvalue weighted by Crippen LogP contribution is 2.40. The van der Waals surface area contributed by atoms with Gasteiger partial charge in [0.1, 0.15) is 0 Å². The summed E-state index contributed by atoms with van der Waals surface area (Å²) in [4.78, 5) is 22.8. The zero-order chi connectivity index (χ0) is 13.4. The minimum Gasteiger partial charge on any atom is -0.481 e. The van der Waals surface area contributed by atoms with Crippen molar-refractivity contribution in [1.82, 2.24) is 5.32 Å². The molecule has 2 aliphatic carbocycles. The monoisotopic (exact) mass is 259 g/mol. The van der Waals surface area contributed by atoms with E-state index in [2.05, 4.69) is 17.4 Å². The van der Waals surface area contributed by atoms with Crippen LogP contribution in [0.4, 0.5) is 0 Å². The summed E-state index contributed by atoms with van der Waals surface area (Å²) < 4.78 is 0. The molecule has 4 nitrogen and oxygen atoms in total.